The third kappa shape index (κ3) is 2.44. The quantitative estimate of drug-likeness (QED) is 0.944. The summed E-state index contributed by atoms with van der Waals surface area (Å²) in [4.78, 5) is 8.75. The smallest absolute Gasteiger partial charge is 0.202 e. The van der Waals surface area contributed by atoms with Gasteiger partial charge in [-0.2, -0.15) is 0 Å². The van der Waals surface area contributed by atoms with E-state index >= 15 is 0 Å². The largest absolute Gasteiger partial charge is 0.369 e. The predicted octanol–water partition coefficient (Wildman–Crippen LogP) is 3.38. The molecule has 0 radical (unpaired) electrons. The van der Waals surface area contributed by atoms with Crippen LogP contribution in [0.1, 0.15) is 33.2 Å². The molecule has 5 heteroatoms. The summed E-state index contributed by atoms with van der Waals surface area (Å²) in [5.41, 5.74) is 7.68. The molecule has 0 aliphatic carbocycles. The Hall–Kier alpha value is -1.10. The molecule has 0 aliphatic rings. The van der Waals surface area contributed by atoms with Gasteiger partial charge in [0.05, 0.1) is 0 Å². The molecular formula is C12H17BrN4. The summed E-state index contributed by atoms with van der Waals surface area (Å²) in [6, 6.07) is 2.26. The van der Waals surface area contributed by atoms with Crippen molar-refractivity contribution in [3.05, 3.63) is 16.7 Å². The number of nitrogen functional groups attached to an aromatic ring is 1. The summed E-state index contributed by atoms with van der Waals surface area (Å²) in [5, 5.41) is 0. The van der Waals surface area contributed by atoms with Crippen molar-refractivity contribution >= 4 is 33.0 Å². The standard InChI is InChI=1S/C12H17BrN4/c1-7(2)4-8(3)17-11-10(16-12(17)14)5-9(13)6-15-11/h5-8H,4H2,1-3H3,(H2,14,16). The van der Waals surface area contributed by atoms with Crippen LogP contribution in [0.25, 0.3) is 11.2 Å². The molecule has 0 spiro atoms. The summed E-state index contributed by atoms with van der Waals surface area (Å²) in [6.07, 6.45) is 2.84. The maximum atomic E-state index is 5.98. The van der Waals surface area contributed by atoms with Gasteiger partial charge in [-0.05, 0) is 41.3 Å². The SMILES string of the molecule is CC(C)CC(C)n1c(N)nc2cc(Br)cnc21. The van der Waals surface area contributed by atoms with Crippen LogP contribution >= 0.6 is 15.9 Å². The van der Waals surface area contributed by atoms with Crippen LogP contribution in [0.4, 0.5) is 5.95 Å². The van der Waals surface area contributed by atoms with E-state index < -0.39 is 0 Å². The first-order valence-electron chi connectivity index (χ1n) is 5.78. The molecule has 1 atom stereocenters. The molecule has 0 fully saturated rings. The van der Waals surface area contributed by atoms with E-state index in [1.807, 2.05) is 10.6 Å². The van der Waals surface area contributed by atoms with Gasteiger partial charge in [0.25, 0.3) is 0 Å². The van der Waals surface area contributed by atoms with Crippen molar-refractivity contribution in [3.63, 3.8) is 0 Å². The van der Waals surface area contributed by atoms with E-state index in [0.717, 1.165) is 22.1 Å². The number of hydrogen-bond donors (Lipinski definition) is 1. The molecule has 0 aromatic carbocycles. The van der Waals surface area contributed by atoms with Crippen LogP contribution in [0.5, 0.6) is 0 Å². The first-order valence-corrected chi connectivity index (χ1v) is 6.57. The molecule has 0 saturated carbocycles. The summed E-state index contributed by atoms with van der Waals surface area (Å²) in [6.45, 7) is 6.56. The van der Waals surface area contributed by atoms with E-state index in [0.29, 0.717) is 17.9 Å². The minimum atomic E-state index is 0.314. The molecule has 92 valence electrons. The third-order valence-corrected chi connectivity index (χ3v) is 3.21. The minimum absolute atomic E-state index is 0.314. The van der Waals surface area contributed by atoms with Gasteiger partial charge in [0.2, 0.25) is 5.95 Å². The first kappa shape index (κ1) is 12.4. The number of nitrogens with two attached hydrogens (primary N) is 1. The van der Waals surface area contributed by atoms with Crippen LogP contribution in [0.3, 0.4) is 0 Å². The fourth-order valence-electron chi connectivity index (χ4n) is 2.20. The molecule has 2 aromatic rings. The maximum absolute atomic E-state index is 5.98. The van der Waals surface area contributed by atoms with Gasteiger partial charge in [0.1, 0.15) is 5.52 Å². The number of pyridine rings is 1. The summed E-state index contributed by atoms with van der Waals surface area (Å²) in [7, 11) is 0. The highest BCUT2D eigenvalue weighted by atomic mass is 79.9. The molecule has 2 rings (SSSR count). The van der Waals surface area contributed by atoms with Crippen molar-refractivity contribution in [2.75, 3.05) is 5.73 Å². The zero-order valence-electron chi connectivity index (χ0n) is 10.3. The lowest BCUT2D eigenvalue weighted by molar-refractivity contribution is 0.438. The van der Waals surface area contributed by atoms with Crippen molar-refractivity contribution in [2.45, 2.75) is 33.2 Å². The van der Waals surface area contributed by atoms with Crippen LogP contribution in [0.2, 0.25) is 0 Å². The van der Waals surface area contributed by atoms with Gasteiger partial charge in [0, 0.05) is 16.7 Å². The second kappa shape index (κ2) is 4.64. The Bertz CT molecular complexity index is 533. The number of aromatic nitrogens is 3. The molecule has 0 amide bonds. The molecule has 2 heterocycles. The molecule has 2 aromatic heterocycles. The van der Waals surface area contributed by atoms with Crippen molar-refractivity contribution in [1.82, 2.24) is 14.5 Å². The van der Waals surface area contributed by atoms with Crippen LogP contribution in [-0.2, 0) is 0 Å². The van der Waals surface area contributed by atoms with Gasteiger partial charge in [-0.1, -0.05) is 13.8 Å². The molecule has 0 saturated heterocycles. The molecular weight excluding hydrogens is 280 g/mol. The summed E-state index contributed by atoms with van der Waals surface area (Å²) >= 11 is 3.39. The number of halogens is 1. The Labute approximate surface area is 109 Å². The third-order valence-electron chi connectivity index (χ3n) is 2.78. The maximum Gasteiger partial charge on any atom is 0.202 e. The second-order valence-electron chi connectivity index (χ2n) is 4.81. The Morgan fingerprint density at radius 2 is 2.12 bits per heavy atom. The van der Waals surface area contributed by atoms with Gasteiger partial charge >= 0.3 is 0 Å². The van der Waals surface area contributed by atoms with E-state index in [9.17, 15) is 0 Å². The monoisotopic (exact) mass is 296 g/mol. The number of fused-ring (bicyclic) bond motifs is 1. The highest BCUT2D eigenvalue weighted by molar-refractivity contribution is 9.10. The van der Waals surface area contributed by atoms with Crippen molar-refractivity contribution in [3.8, 4) is 0 Å². The first-order chi connectivity index (χ1) is 7.99. The average Bonchev–Trinajstić information content (AvgIpc) is 2.51. The molecule has 1 unspecified atom stereocenters. The number of hydrogen-bond acceptors (Lipinski definition) is 3. The van der Waals surface area contributed by atoms with E-state index in [2.05, 4.69) is 46.7 Å². The van der Waals surface area contributed by atoms with Gasteiger partial charge in [-0.15, -0.1) is 0 Å². The Morgan fingerprint density at radius 1 is 1.41 bits per heavy atom. The molecule has 17 heavy (non-hydrogen) atoms. The molecule has 2 N–H and O–H groups in total. The Balaban J connectivity index is 2.49. The van der Waals surface area contributed by atoms with E-state index in [1.165, 1.54) is 0 Å². The fourth-order valence-corrected chi connectivity index (χ4v) is 2.52. The predicted molar refractivity (Wildman–Crippen MR) is 73.8 cm³/mol. The lowest BCUT2D eigenvalue weighted by Crippen LogP contribution is -2.11. The van der Waals surface area contributed by atoms with Crippen LogP contribution in [0.15, 0.2) is 16.7 Å². The topological polar surface area (TPSA) is 56.7 Å². The Kier molecular flexibility index (Phi) is 3.38. The lowest BCUT2D eigenvalue weighted by atomic mass is 10.1. The van der Waals surface area contributed by atoms with Crippen LogP contribution in [-0.4, -0.2) is 14.5 Å². The van der Waals surface area contributed by atoms with E-state index in [-0.39, 0.29) is 0 Å². The normalized spacial score (nSPS) is 13.5. The van der Waals surface area contributed by atoms with Gasteiger partial charge in [0.15, 0.2) is 5.65 Å². The number of anilines is 1. The highest BCUT2D eigenvalue weighted by Crippen LogP contribution is 2.26. The number of nitrogens with zero attached hydrogens (tertiary/aromatic N) is 3. The van der Waals surface area contributed by atoms with Crippen molar-refractivity contribution in [2.24, 2.45) is 5.92 Å². The fraction of sp³-hybridized carbons (Fsp3) is 0.500. The average molecular weight is 297 g/mol. The summed E-state index contributed by atoms with van der Waals surface area (Å²) < 4.78 is 2.94. The highest BCUT2D eigenvalue weighted by Gasteiger charge is 2.16. The zero-order chi connectivity index (χ0) is 12.6. The van der Waals surface area contributed by atoms with E-state index in [4.69, 9.17) is 5.73 Å². The molecule has 0 bridgehead atoms. The number of rotatable bonds is 3. The van der Waals surface area contributed by atoms with Gasteiger partial charge < -0.3 is 5.73 Å². The van der Waals surface area contributed by atoms with Crippen molar-refractivity contribution < 1.29 is 0 Å². The van der Waals surface area contributed by atoms with Crippen LogP contribution in [0, 0.1) is 5.92 Å². The zero-order valence-corrected chi connectivity index (χ0v) is 11.9. The van der Waals surface area contributed by atoms with Crippen LogP contribution < -0.4 is 5.73 Å². The molecule has 4 nitrogen and oxygen atoms in total. The lowest BCUT2D eigenvalue weighted by Gasteiger charge is -2.17. The van der Waals surface area contributed by atoms with E-state index in [1.54, 1.807) is 6.20 Å². The van der Waals surface area contributed by atoms with Gasteiger partial charge in [-0.25, -0.2) is 9.97 Å². The minimum Gasteiger partial charge on any atom is -0.369 e. The van der Waals surface area contributed by atoms with Gasteiger partial charge in [-0.3, -0.25) is 4.57 Å². The summed E-state index contributed by atoms with van der Waals surface area (Å²) in [5.74, 6) is 1.16. The Morgan fingerprint density at radius 3 is 2.76 bits per heavy atom. The second-order valence-corrected chi connectivity index (χ2v) is 5.73. The molecule has 0 aliphatic heterocycles. The van der Waals surface area contributed by atoms with Crippen molar-refractivity contribution in [1.29, 1.82) is 0 Å². The number of imidazole rings is 1.